The molecule has 0 N–H and O–H groups in total. The SMILES string of the molecule is Clc1ccc(-c2nnc(-c3cccs3)o2)cc1. The molecule has 0 radical (unpaired) electrons. The van der Waals surface area contributed by atoms with E-state index < -0.39 is 0 Å². The lowest BCUT2D eigenvalue weighted by atomic mass is 10.2. The molecule has 84 valence electrons. The van der Waals surface area contributed by atoms with Gasteiger partial charge >= 0.3 is 0 Å². The first-order chi connectivity index (χ1) is 8.33. The highest BCUT2D eigenvalue weighted by Crippen LogP contribution is 2.27. The number of benzene rings is 1. The van der Waals surface area contributed by atoms with Crippen LogP contribution in [0.2, 0.25) is 5.02 Å². The van der Waals surface area contributed by atoms with E-state index in [0.29, 0.717) is 16.8 Å². The maximum absolute atomic E-state index is 5.82. The van der Waals surface area contributed by atoms with Crippen LogP contribution in [-0.4, -0.2) is 10.2 Å². The molecule has 3 aromatic rings. The molecular weight excluding hydrogens is 256 g/mol. The molecule has 0 aliphatic carbocycles. The standard InChI is InChI=1S/C12H7ClN2OS/c13-9-5-3-8(4-6-9)11-14-15-12(16-11)10-2-1-7-17-10/h1-7H. The summed E-state index contributed by atoms with van der Waals surface area (Å²) >= 11 is 7.39. The van der Waals surface area contributed by atoms with E-state index >= 15 is 0 Å². The van der Waals surface area contributed by atoms with Gasteiger partial charge in [0.15, 0.2) is 0 Å². The molecule has 0 bridgehead atoms. The normalized spacial score (nSPS) is 10.6. The fourth-order valence-electron chi connectivity index (χ4n) is 1.43. The molecule has 0 fully saturated rings. The average Bonchev–Trinajstić information content (AvgIpc) is 3.00. The van der Waals surface area contributed by atoms with Crippen molar-refractivity contribution in [1.82, 2.24) is 10.2 Å². The monoisotopic (exact) mass is 262 g/mol. The van der Waals surface area contributed by atoms with Crippen molar-refractivity contribution in [1.29, 1.82) is 0 Å². The zero-order chi connectivity index (χ0) is 11.7. The summed E-state index contributed by atoms with van der Waals surface area (Å²) < 4.78 is 5.60. The van der Waals surface area contributed by atoms with Gasteiger partial charge in [0.25, 0.3) is 5.89 Å². The molecule has 0 unspecified atom stereocenters. The third kappa shape index (κ3) is 2.09. The highest BCUT2D eigenvalue weighted by atomic mass is 35.5. The van der Waals surface area contributed by atoms with Crippen LogP contribution in [0, 0.1) is 0 Å². The Kier molecular flexibility index (Phi) is 2.66. The van der Waals surface area contributed by atoms with Crippen molar-refractivity contribution in [3.05, 3.63) is 46.8 Å². The molecular formula is C12H7ClN2OS. The van der Waals surface area contributed by atoms with Crippen molar-refractivity contribution in [3.63, 3.8) is 0 Å². The molecule has 5 heteroatoms. The zero-order valence-corrected chi connectivity index (χ0v) is 10.2. The van der Waals surface area contributed by atoms with Crippen LogP contribution in [0.4, 0.5) is 0 Å². The molecule has 2 heterocycles. The predicted octanol–water partition coefficient (Wildman–Crippen LogP) is 4.12. The molecule has 17 heavy (non-hydrogen) atoms. The summed E-state index contributed by atoms with van der Waals surface area (Å²) in [6.07, 6.45) is 0. The van der Waals surface area contributed by atoms with Gasteiger partial charge in [0.05, 0.1) is 4.88 Å². The van der Waals surface area contributed by atoms with Crippen molar-refractivity contribution in [2.24, 2.45) is 0 Å². The van der Waals surface area contributed by atoms with Crippen molar-refractivity contribution in [2.45, 2.75) is 0 Å². The number of aromatic nitrogens is 2. The van der Waals surface area contributed by atoms with Gasteiger partial charge in [-0.3, -0.25) is 0 Å². The summed E-state index contributed by atoms with van der Waals surface area (Å²) in [4.78, 5) is 0.970. The Morgan fingerprint density at radius 3 is 2.47 bits per heavy atom. The van der Waals surface area contributed by atoms with E-state index in [4.69, 9.17) is 16.0 Å². The largest absolute Gasteiger partial charge is 0.415 e. The Labute approximate surface area is 107 Å². The van der Waals surface area contributed by atoms with Crippen LogP contribution in [0.25, 0.3) is 22.2 Å². The van der Waals surface area contributed by atoms with E-state index in [1.807, 2.05) is 29.6 Å². The molecule has 0 aliphatic heterocycles. The topological polar surface area (TPSA) is 38.9 Å². The molecule has 0 atom stereocenters. The third-order valence-electron chi connectivity index (χ3n) is 2.25. The minimum Gasteiger partial charge on any atom is -0.415 e. The van der Waals surface area contributed by atoms with Crippen LogP contribution in [0.3, 0.4) is 0 Å². The van der Waals surface area contributed by atoms with Gasteiger partial charge in [-0.05, 0) is 35.7 Å². The van der Waals surface area contributed by atoms with E-state index in [1.54, 1.807) is 23.5 Å². The average molecular weight is 263 g/mol. The third-order valence-corrected chi connectivity index (χ3v) is 3.36. The molecule has 0 spiro atoms. The summed E-state index contributed by atoms with van der Waals surface area (Å²) in [5, 5.41) is 10.7. The summed E-state index contributed by atoms with van der Waals surface area (Å²) in [5.41, 5.74) is 0.865. The lowest BCUT2D eigenvalue weighted by molar-refractivity contribution is 0.586. The lowest BCUT2D eigenvalue weighted by Crippen LogP contribution is -1.76. The number of nitrogens with zero attached hydrogens (tertiary/aromatic N) is 2. The lowest BCUT2D eigenvalue weighted by Gasteiger charge is -1.93. The second kappa shape index (κ2) is 4.31. The Bertz CT molecular complexity index is 616. The summed E-state index contributed by atoms with van der Waals surface area (Å²) in [7, 11) is 0. The maximum Gasteiger partial charge on any atom is 0.258 e. The van der Waals surface area contributed by atoms with Crippen LogP contribution in [0.5, 0.6) is 0 Å². The second-order valence-electron chi connectivity index (χ2n) is 3.40. The van der Waals surface area contributed by atoms with Crippen LogP contribution in [0.15, 0.2) is 46.2 Å². The Morgan fingerprint density at radius 1 is 1.00 bits per heavy atom. The van der Waals surface area contributed by atoms with Gasteiger partial charge in [0.2, 0.25) is 5.89 Å². The van der Waals surface area contributed by atoms with Crippen molar-refractivity contribution in [3.8, 4) is 22.2 Å². The first-order valence-corrected chi connectivity index (χ1v) is 6.22. The predicted molar refractivity (Wildman–Crippen MR) is 68.1 cm³/mol. The number of hydrogen-bond acceptors (Lipinski definition) is 4. The maximum atomic E-state index is 5.82. The molecule has 3 rings (SSSR count). The van der Waals surface area contributed by atoms with Gasteiger partial charge in [-0.25, -0.2) is 0 Å². The summed E-state index contributed by atoms with van der Waals surface area (Å²) in [6.45, 7) is 0. The fourth-order valence-corrected chi connectivity index (χ4v) is 2.20. The van der Waals surface area contributed by atoms with Crippen molar-refractivity contribution >= 4 is 22.9 Å². The van der Waals surface area contributed by atoms with E-state index in [-0.39, 0.29) is 0 Å². The van der Waals surface area contributed by atoms with Gasteiger partial charge in [0, 0.05) is 10.6 Å². The van der Waals surface area contributed by atoms with Gasteiger partial charge < -0.3 is 4.42 Å². The first-order valence-electron chi connectivity index (χ1n) is 4.96. The van der Waals surface area contributed by atoms with Crippen LogP contribution >= 0.6 is 22.9 Å². The number of hydrogen-bond donors (Lipinski definition) is 0. The van der Waals surface area contributed by atoms with E-state index in [9.17, 15) is 0 Å². The molecule has 0 saturated carbocycles. The Hall–Kier alpha value is -1.65. The highest BCUT2D eigenvalue weighted by Gasteiger charge is 2.10. The zero-order valence-electron chi connectivity index (χ0n) is 8.63. The fraction of sp³-hybridized carbons (Fsp3) is 0. The molecule has 0 aliphatic rings. The van der Waals surface area contributed by atoms with Crippen LogP contribution in [-0.2, 0) is 0 Å². The van der Waals surface area contributed by atoms with Crippen molar-refractivity contribution in [2.75, 3.05) is 0 Å². The molecule has 2 aromatic heterocycles. The van der Waals surface area contributed by atoms with Gasteiger partial charge in [0.1, 0.15) is 0 Å². The number of rotatable bonds is 2. The van der Waals surface area contributed by atoms with Crippen LogP contribution < -0.4 is 0 Å². The Morgan fingerprint density at radius 2 is 1.76 bits per heavy atom. The van der Waals surface area contributed by atoms with Crippen molar-refractivity contribution < 1.29 is 4.42 Å². The minimum atomic E-state index is 0.505. The first kappa shape index (κ1) is 10.5. The van der Waals surface area contributed by atoms with E-state index in [1.165, 1.54) is 0 Å². The Balaban J connectivity index is 1.98. The van der Waals surface area contributed by atoms with Gasteiger partial charge in [-0.15, -0.1) is 21.5 Å². The van der Waals surface area contributed by atoms with Gasteiger partial charge in [-0.1, -0.05) is 17.7 Å². The minimum absolute atomic E-state index is 0.505. The summed E-state index contributed by atoms with van der Waals surface area (Å²) in [6, 6.07) is 11.2. The van der Waals surface area contributed by atoms with E-state index in [2.05, 4.69) is 10.2 Å². The number of thiophene rings is 1. The molecule has 0 saturated heterocycles. The second-order valence-corrected chi connectivity index (χ2v) is 4.78. The summed E-state index contributed by atoms with van der Waals surface area (Å²) in [5.74, 6) is 1.05. The smallest absolute Gasteiger partial charge is 0.258 e. The number of halogens is 1. The molecule has 1 aromatic carbocycles. The van der Waals surface area contributed by atoms with Gasteiger partial charge in [-0.2, -0.15) is 0 Å². The highest BCUT2D eigenvalue weighted by molar-refractivity contribution is 7.13. The quantitative estimate of drug-likeness (QED) is 0.697. The van der Waals surface area contributed by atoms with E-state index in [0.717, 1.165) is 10.4 Å². The molecule has 3 nitrogen and oxygen atoms in total. The molecule has 0 amide bonds. The van der Waals surface area contributed by atoms with Crippen LogP contribution in [0.1, 0.15) is 0 Å².